The summed E-state index contributed by atoms with van der Waals surface area (Å²) in [7, 11) is -2.76. The number of carbonyl (C=O) groups excluding carboxylic acids is 1. The third-order valence-corrected chi connectivity index (χ3v) is 3.31. The van der Waals surface area contributed by atoms with Gasteiger partial charge in [-0.05, 0) is 12.1 Å². The lowest BCUT2D eigenvalue weighted by atomic mass is 10.2. The second-order valence-electron chi connectivity index (χ2n) is 3.68. The Balaban J connectivity index is 3.45. The van der Waals surface area contributed by atoms with E-state index >= 15 is 0 Å². The standard InChI is InChI=1S/C11H11F3O7S/c1-18-7-4-6(10(15)20-3)5-8(19-2)9(7)21-22(16,17)11(12,13)14/h4-5H,1-3H3. The third-order valence-electron chi connectivity index (χ3n) is 2.36. The van der Waals surface area contributed by atoms with E-state index in [1.165, 1.54) is 0 Å². The molecule has 0 saturated carbocycles. The molecular weight excluding hydrogens is 333 g/mol. The molecule has 0 aliphatic heterocycles. The monoisotopic (exact) mass is 344 g/mol. The molecular formula is C11H11F3O7S. The van der Waals surface area contributed by atoms with Crippen molar-refractivity contribution in [2.45, 2.75) is 5.51 Å². The Kier molecular flexibility index (Phi) is 5.12. The minimum absolute atomic E-state index is 0.132. The molecule has 1 aromatic carbocycles. The van der Waals surface area contributed by atoms with E-state index in [9.17, 15) is 26.4 Å². The van der Waals surface area contributed by atoms with Crippen molar-refractivity contribution in [1.29, 1.82) is 0 Å². The van der Waals surface area contributed by atoms with Crippen molar-refractivity contribution in [3.63, 3.8) is 0 Å². The van der Waals surface area contributed by atoms with Crippen LogP contribution in [-0.4, -0.2) is 41.2 Å². The average molecular weight is 344 g/mol. The number of alkyl halides is 3. The number of halogens is 3. The molecule has 0 aliphatic carbocycles. The largest absolute Gasteiger partial charge is 0.534 e. The van der Waals surface area contributed by atoms with E-state index in [-0.39, 0.29) is 5.56 Å². The van der Waals surface area contributed by atoms with Gasteiger partial charge >= 0.3 is 21.6 Å². The molecule has 1 aromatic rings. The van der Waals surface area contributed by atoms with Crippen molar-refractivity contribution in [1.82, 2.24) is 0 Å². The van der Waals surface area contributed by atoms with E-state index in [2.05, 4.69) is 8.92 Å². The molecule has 0 unspecified atom stereocenters. The molecule has 7 nitrogen and oxygen atoms in total. The van der Waals surface area contributed by atoms with Gasteiger partial charge in [0.2, 0.25) is 5.75 Å². The molecule has 22 heavy (non-hydrogen) atoms. The summed E-state index contributed by atoms with van der Waals surface area (Å²) in [5, 5.41) is 0. The number of ether oxygens (including phenoxy) is 3. The van der Waals surface area contributed by atoms with E-state index in [0.717, 1.165) is 33.5 Å². The zero-order chi connectivity index (χ0) is 17.1. The van der Waals surface area contributed by atoms with Crippen LogP contribution in [0.2, 0.25) is 0 Å². The van der Waals surface area contributed by atoms with Crippen LogP contribution in [0.1, 0.15) is 10.4 Å². The van der Waals surface area contributed by atoms with E-state index in [1.807, 2.05) is 0 Å². The summed E-state index contributed by atoms with van der Waals surface area (Å²) < 4.78 is 77.3. The predicted octanol–water partition coefficient (Wildman–Crippen LogP) is 1.72. The van der Waals surface area contributed by atoms with Gasteiger partial charge < -0.3 is 18.4 Å². The van der Waals surface area contributed by atoms with Gasteiger partial charge in [-0.25, -0.2) is 4.79 Å². The van der Waals surface area contributed by atoms with Crippen molar-refractivity contribution >= 4 is 16.1 Å². The summed E-state index contributed by atoms with van der Waals surface area (Å²) in [6.45, 7) is 0. The lowest BCUT2D eigenvalue weighted by Gasteiger charge is -2.16. The van der Waals surface area contributed by atoms with Gasteiger partial charge in [0.1, 0.15) is 0 Å². The maximum Gasteiger partial charge on any atom is 0.534 e. The molecule has 0 aromatic heterocycles. The minimum atomic E-state index is -5.93. The van der Waals surface area contributed by atoms with E-state index in [0.29, 0.717) is 0 Å². The van der Waals surface area contributed by atoms with Crippen molar-refractivity contribution in [2.75, 3.05) is 21.3 Å². The van der Waals surface area contributed by atoms with Crippen LogP contribution < -0.4 is 13.7 Å². The number of methoxy groups -OCH3 is 3. The summed E-state index contributed by atoms with van der Waals surface area (Å²) in [5.74, 6) is -2.57. The molecule has 0 atom stereocenters. The fourth-order valence-corrected chi connectivity index (χ4v) is 1.83. The van der Waals surface area contributed by atoms with Crippen LogP contribution in [0, 0.1) is 0 Å². The first-order chi connectivity index (χ1) is 10.1. The number of benzene rings is 1. The Morgan fingerprint density at radius 2 is 1.50 bits per heavy atom. The summed E-state index contributed by atoms with van der Waals surface area (Å²) in [6, 6.07) is 1.91. The first-order valence-corrected chi connectivity index (χ1v) is 6.83. The summed E-state index contributed by atoms with van der Waals surface area (Å²) in [5.41, 5.74) is -5.77. The summed E-state index contributed by atoms with van der Waals surface area (Å²) >= 11 is 0. The Labute approximate surface area is 123 Å². The summed E-state index contributed by atoms with van der Waals surface area (Å²) in [6.07, 6.45) is 0. The number of esters is 1. The lowest BCUT2D eigenvalue weighted by molar-refractivity contribution is -0.0501. The Morgan fingerprint density at radius 3 is 1.82 bits per heavy atom. The van der Waals surface area contributed by atoms with E-state index in [1.54, 1.807) is 0 Å². The number of hydrogen-bond donors (Lipinski definition) is 0. The molecule has 0 radical (unpaired) electrons. The molecule has 11 heteroatoms. The third kappa shape index (κ3) is 3.53. The average Bonchev–Trinajstić information content (AvgIpc) is 2.44. The summed E-state index contributed by atoms with van der Waals surface area (Å²) in [4.78, 5) is 11.4. The zero-order valence-corrected chi connectivity index (χ0v) is 12.4. The maximum absolute atomic E-state index is 12.4. The number of carbonyl (C=O) groups is 1. The molecule has 0 amide bonds. The molecule has 0 fully saturated rings. The van der Waals surface area contributed by atoms with Crippen LogP contribution in [0.15, 0.2) is 12.1 Å². The zero-order valence-electron chi connectivity index (χ0n) is 11.6. The second kappa shape index (κ2) is 6.30. The van der Waals surface area contributed by atoms with E-state index in [4.69, 9.17) is 9.47 Å². The van der Waals surface area contributed by atoms with Gasteiger partial charge in [0.25, 0.3) is 0 Å². The molecule has 0 spiro atoms. The molecule has 124 valence electrons. The van der Waals surface area contributed by atoms with Crippen molar-refractivity contribution in [3.05, 3.63) is 17.7 Å². The van der Waals surface area contributed by atoms with Gasteiger partial charge in [-0.1, -0.05) is 0 Å². The maximum atomic E-state index is 12.4. The molecule has 0 N–H and O–H groups in total. The SMILES string of the molecule is COC(=O)c1cc(OC)c(OS(=O)(=O)C(F)(F)F)c(OC)c1. The molecule has 0 saturated heterocycles. The second-order valence-corrected chi connectivity index (χ2v) is 5.22. The van der Waals surface area contributed by atoms with Crippen molar-refractivity contribution in [2.24, 2.45) is 0 Å². The highest BCUT2D eigenvalue weighted by molar-refractivity contribution is 7.88. The molecule has 0 heterocycles. The highest BCUT2D eigenvalue weighted by atomic mass is 32.2. The van der Waals surface area contributed by atoms with E-state index < -0.39 is 38.8 Å². The fourth-order valence-electron chi connectivity index (χ4n) is 1.35. The smallest absolute Gasteiger partial charge is 0.493 e. The highest BCUT2D eigenvalue weighted by Gasteiger charge is 2.49. The van der Waals surface area contributed by atoms with Crippen LogP contribution in [0.5, 0.6) is 17.2 Å². The number of hydrogen-bond acceptors (Lipinski definition) is 7. The number of rotatable bonds is 5. The fraction of sp³-hybridized carbons (Fsp3) is 0.364. The molecule has 0 bridgehead atoms. The first kappa shape index (κ1) is 17.9. The Bertz CT molecular complexity index is 642. The van der Waals surface area contributed by atoms with Crippen LogP contribution in [0.3, 0.4) is 0 Å². The van der Waals surface area contributed by atoms with Crippen molar-refractivity contribution in [3.8, 4) is 17.2 Å². The quantitative estimate of drug-likeness (QED) is 0.456. The van der Waals surface area contributed by atoms with Gasteiger partial charge in [0, 0.05) is 0 Å². The Morgan fingerprint density at radius 1 is 1.05 bits per heavy atom. The minimum Gasteiger partial charge on any atom is -0.493 e. The normalized spacial score (nSPS) is 11.7. The highest BCUT2D eigenvalue weighted by Crippen LogP contribution is 2.41. The predicted molar refractivity (Wildman–Crippen MR) is 66.5 cm³/mol. The molecule has 0 aliphatic rings. The molecule has 1 rings (SSSR count). The van der Waals surface area contributed by atoms with Crippen molar-refractivity contribution < 1.29 is 44.8 Å². The van der Waals surface area contributed by atoms with Gasteiger partial charge in [-0.3, -0.25) is 0 Å². The van der Waals surface area contributed by atoms with Gasteiger partial charge in [-0.2, -0.15) is 21.6 Å². The topological polar surface area (TPSA) is 88.1 Å². The van der Waals surface area contributed by atoms with Crippen LogP contribution in [0.4, 0.5) is 13.2 Å². The van der Waals surface area contributed by atoms with Crippen LogP contribution in [-0.2, 0) is 14.9 Å². The first-order valence-electron chi connectivity index (χ1n) is 5.42. The van der Waals surface area contributed by atoms with Gasteiger partial charge in [0.15, 0.2) is 11.5 Å². The Hall–Kier alpha value is -2.17. The van der Waals surface area contributed by atoms with Gasteiger partial charge in [-0.15, -0.1) is 0 Å². The van der Waals surface area contributed by atoms with Crippen LogP contribution >= 0.6 is 0 Å². The van der Waals surface area contributed by atoms with Gasteiger partial charge in [0.05, 0.1) is 26.9 Å². The lowest BCUT2D eigenvalue weighted by Crippen LogP contribution is -2.28. The van der Waals surface area contributed by atoms with Crippen LogP contribution in [0.25, 0.3) is 0 Å².